The van der Waals surface area contributed by atoms with Gasteiger partial charge in [-0.2, -0.15) is 0 Å². The van der Waals surface area contributed by atoms with Crippen LogP contribution in [0.1, 0.15) is 55.8 Å². The molecule has 24 heavy (non-hydrogen) atoms. The molecule has 2 atom stereocenters. The molecule has 1 spiro atoms. The molecule has 1 aromatic heterocycles. The van der Waals surface area contributed by atoms with Crippen molar-refractivity contribution in [3.8, 4) is 0 Å². The average molecular weight is 335 g/mol. The molecule has 2 fully saturated rings. The lowest BCUT2D eigenvalue weighted by atomic mass is 9.82. The van der Waals surface area contributed by atoms with Gasteiger partial charge in [0.2, 0.25) is 5.91 Å². The smallest absolute Gasteiger partial charge is 0.276 e. The third-order valence-electron chi connectivity index (χ3n) is 5.16. The maximum atomic E-state index is 13.0. The van der Waals surface area contributed by atoms with Gasteiger partial charge in [-0.05, 0) is 33.6 Å². The number of nitrogens with zero attached hydrogens (tertiary/aromatic N) is 2. The highest BCUT2D eigenvalue weighted by Gasteiger charge is 2.59. The van der Waals surface area contributed by atoms with E-state index in [9.17, 15) is 9.59 Å². The highest BCUT2D eigenvalue weighted by Crippen LogP contribution is 2.49. The van der Waals surface area contributed by atoms with Crippen molar-refractivity contribution in [1.82, 2.24) is 15.2 Å². The van der Waals surface area contributed by atoms with Crippen LogP contribution in [0.2, 0.25) is 0 Å². The van der Waals surface area contributed by atoms with E-state index in [1.807, 2.05) is 18.7 Å². The van der Waals surface area contributed by atoms with Crippen LogP contribution in [0.5, 0.6) is 0 Å². The van der Waals surface area contributed by atoms with Crippen molar-refractivity contribution < 1.29 is 18.7 Å². The van der Waals surface area contributed by atoms with Gasteiger partial charge in [0, 0.05) is 20.0 Å². The molecule has 0 bridgehead atoms. The van der Waals surface area contributed by atoms with Gasteiger partial charge >= 0.3 is 0 Å². The van der Waals surface area contributed by atoms with E-state index < -0.39 is 5.54 Å². The lowest BCUT2D eigenvalue weighted by Crippen LogP contribution is -2.54. The minimum atomic E-state index is -0.460. The van der Waals surface area contributed by atoms with Gasteiger partial charge in [-0.3, -0.25) is 9.59 Å². The molecule has 2 aliphatic heterocycles. The number of hydrogen-bond donors (Lipinski definition) is 1. The summed E-state index contributed by atoms with van der Waals surface area (Å²) in [4.78, 5) is 30.9. The number of carbonyl (C=O) groups is 2. The van der Waals surface area contributed by atoms with Crippen LogP contribution in [0.25, 0.3) is 0 Å². The van der Waals surface area contributed by atoms with Gasteiger partial charge in [0.15, 0.2) is 12.1 Å². The molecule has 2 amide bonds. The second-order valence-corrected chi connectivity index (χ2v) is 7.34. The third kappa shape index (κ3) is 2.70. The van der Waals surface area contributed by atoms with E-state index in [0.29, 0.717) is 24.4 Å². The molecular weight excluding hydrogens is 310 g/mol. The zero-order valence-electron chi connectivity index (χ0n) is 14.7. The van der Waals surface area contributed by atoms with Crippen molar-refractivity contribution >= 4 is 11.8 Å². The van der Waals surface area contributed by atoms with E-state index in [2.05, 4.69) is 10.3 Å². The molecule has 132 valence electrons. The third-order valence-corrected chi connectivity index (χ3v) is 5.16. The summed E-state index contributed by atoms with van der Waals surface area (Å²) in [6, 6.07) is 0. The van der Waals surface area contributed by atoms with Crippen LogP contribution >= 0.6 is 0 Å². The first-order valence-corrected chi connectivity index (χ1v) is 8.39. The maximum absolute atomic E-state index is 13.0. The van der Waals surface area contributed by atoms with E-state index in [-0.39, 0.29) is 29.9 Å². The van der Waals surface area contributed by atoms with Crippen LogP contribution in [-0.2, 0) is 9.53 Å². The summed E-state index contributed by atoms with van der Waals surface area (Å²) in [6.45, 7) is 6.41. The fourth-order valence-electron chi connectivity index (χ4n) is 4.25. The van der Waals surface area contributed by atoms with Gasteiger partial charge in [-0.15, -0.1) is 0 Å². The number of ether oxygens (including phenoxy) is 1. The monoisotopic (exact) mass is 335 g/mol. The van der Waals surface area contributed by atoms with E-state index in [1.54, 1.807) is 14.0 Å². The topological polar surface area (TPSA) is 84.7 Å². The first-order valence-electron chi connectivity index (χ1n) is 8.39. The Labute approximate surface area is 141 Å². The second kappa shape index (κ2) is 5.88. The van der Waals surface area contributed by atoms with E-state index in [0.717, 1.165) is 12.8 Å². The number of rotatable bonds is 3. The number of aromatic nitrogens is 1. The molecule has 3 heterocycles. The zero-order valence-corrected chi connectivity index (χ0v) is 14.7. The van der Waals surface area contributed by atoms with Crippen LogP contribution in [0.3, 0.4) is 0 Å². The Morgan fingerprint density at radius 3 is 2.83 bits per heavy atom. The van der Waals surface area contributed by atoms with Crippen molar-refractivity contribution in [2.45, 2.75) is 63.7 Å². The molecule has 0 aromatic carbocycles. The predicted molar refractivity (Wildman–Crippen MR) is 86.5 cm³/mol. The van der Waals surface area contributed by atoms with Crippen LogP contribution < -0.4 is 5.32 Å². The summed E-state index contributed by atoms with van der Waals surface area (Å²) < 4.78 is 11.4. The van der Waals surface area contributed by atoms with E-state index >= 15 is 0 Å². The lowest BCUT2D eigenvalue weighted by Gasteiger charge is -2.38. The highest BCUT2D eigenvalue weighted by atomic mass is 16.5. The molecule has 2 saturated heterocycles. The second-order valence-electron chi connectivity index (χ2n) is 7.34. The molecular formula is C17H25N3O4. The molecule has 7 heteroatoms. The fraction of sp³-hybridized carbons (Fsp3) is 0.706. The van der Waals surface area contributed by atoms with Crippen LogP contribution in [0.4, 0.5) is 0 Å². The van der Waals surface area contributed by atoms with Gasteiger partial charge in [-0.1, -0.05) is 0 Å². The zero-order chi connectivity index (χ0) is 17.5. The number of oxazole rings is 1. The van der Waals surface area contributed by atoms with Crippen LogP contribution in [0.15, 0.2) is 10.8 Å². The Bertz CT molecular complexity index is 654. The number of nitrogens with one attached hydrogen (secondary N) is 1. The summed E-state index contributed by atoms with van der Waals surface area (Å²) >= 11 is 0. The van der Waals surface area contributed by atoms with Crippen molar-refractivity contribution in [3.63, 3.8) is 0 Å². The number of carbonyl (C=O) groups excluding carboxylic acids is 2. The minimum Gasteiger partial charge on any atom is -0.448 e. The van der Waals surface area contributed by atoms with Gasteiger partial charge in [-0.25, -0.2) is 4.98 Å². The lowest BCUT2D eigenvalue weighted by molar-refractivity contribution is -0.126. The standard InChI is InChI=1S/C17H25N3O4/c1-11-14(19-10-23-11)15(22)20-7-5-6-17(20)9-16(2,3)24-12(17)8-13(21)18-4/h10,12H,5-9H2,1-4H3,(H,18,21)/t12-,17+/m0/s1. The molecule has 7 nitrogen and oxygen atoms in total. The Morgan fingerprint density at radius 2 is 2.21 bits per heavy atom. The van der Waals surface area contributed by atoms with Crippen LogP contribution in [-0.4, -0.2) is 52.5 Å². The van der Waals surface area contributed by atoms with Crippen molar-refractivity contribution in [1.29, 1.82) is 0 Å². The molecule has 0 aliphatic carbocycles. The first kappa shape index (κ1) is 17.0. The summed E-state index contributed by atoms with van der Waals surface area (Å²) in [5.74, 6) is 0.305. The Kier molecular flexibility index (Phi) is 4.15. The Hall–Kier alpha value is -1.89. The minimum absolute atomic E-state index is 0.0750. The molecule has 0 radical (unpaired) electrons. The largest absolute Gasteiger partial charge is 0.448 e. The van der Waals surface area contributed by atoms with Gasteiger partial charge < -0.3 is 19.4 Å². The molecule has 0 unspecified atom stereocenters. The molecule has 0 saturated carbocycles. The van der Waals surface area contributed by atoms with Crippen molar-refractivity contribution in [3.05, 3.63) is 17.8 Å². The quantitative estimate of drug-likeness (QED) is 0.908. The molecule has 1 N–H and O–H groups in total. The normalized spacial score (nSPS) is 28.5. The van der Waals surface area contributed by atoms with E-state index in [4.69, 9.17) is 9.15 Å². The SMILES string of the molecule is CNC(=O)C[C@@H]1OC(C)(C)C[C@]12CCCN2C(=O)c1ncoc1C. The maximum Gasteiger partial charge on any atom is 0.276 e. The van der Waals surface area contributed by atoms with Gasteiger partial charge in [0.25, 0.3) is 5.91 Å². The van der Waals surface area contributed by atoms with Gasteiger partial charge in [0.1, 0.15) is 5.76 Å². The molecule has 1 aromatic rings. The first-order chi connectivity index (χ1) is 11.3. The Balaban J connectivity index is 1.94. The summed E-state index contributed by atoms with van der Waals surface area (Å²) in [7, 11) is 1.62. The average Bonchev–Trinajstić information content (AvgIpc) is 3.17. The number of aryl methyl sites for hydroxylation is 1. The van der Waals surface area contributed by atoms with E-state index in [1.165, 1.54) is 6.39 Å². The van der Waals surface area contributed by atoms with Crippen molar-refractivity contribution in [2.24, 2.45) is 0 Å². The highest BCUT2D eigenvalue weighted by molar-refractivity contribution is 5.94. The summed E-state index contributed by atoms with van der Waals surface area (Å²) in [6.07, 6.45) is 3.67. The number of likely N-dealkylation sites (tertiary alicyclic amines) is 1. The summed E-state index contributed by atoms with van der Waals surface area (Å²) in [5, 5.41) is 2.66. The van der Waals surface area contributed by atoms with Crippen LogP contribution in [0, 0.1) is 6.92 Å². The molecule has 3 rings (SSSR count). The number of amides is 2. The fourth-order valence-corrected chi connectivity index (χ4v) is 4.25. The van der Waals surface area contributed by atoms with Crippen molar-refractivity contribution in [2.75, 3.05) is 13.6 Å². The summed E-state index contributed by atoms with van der Waals surface area (Å²) in [5.41, 5.74) is -0.487. The molecule has 2 aliphatic rings. The Morgan fingerprint density at radius 1 is 1.46 bits per heavy atom. The number of hydrogen-bond acceptors (Lipinski definition) is 5. The van der Waals surface area contributed by atoms with Gasteiger partial charge in [0.05, 0.1) is 23.7 Å². The predicted octanol–water partition coefficient (Wildman–Crippen LogP) is 1.66.